The molecule has 248 valence electrons. The smallest absolute Gasteiger partial charge is 0.335 e. The predicted molar refractivity (Wildman–Crippen MR) is 183 cm³/mol. The molecule has 0 amide bonds. The van der Waals surface area contributed by atoms with Crippen LogP contribution in [0.3, 0.4) is 0 Å². The van der Waals surface area contributed by atoms with Crippen LogP contribution in [-0.2, 0) is 23.5 Å². The van der Waals surface area contributed by atoms with Crippen LogP contribution >= 0.6 is 11.8 Å². The van der Waals surface area contributed by atoms with E-state index in [1.807, 2.05) is 28.5 Å². The van der Waals surface area contributed by atoms with E-state index in [1.54, 1.807) is 13.4 Å². The number of methoxy groups -OCH3 is 1. The van der Waals surface area contributed by atoms with E-state index < -0.39 is 28.1 Å². The van der Waals surface area contributed by atoms with E-state index in [1.165, 1.54) is 11.9 Å². The number of fused-ring (bicyclic) bond motifs is 2. The van der Waals surface area contributed by atoms with Crippen molar-refractivity contribution in [3.05, 3.63) is 52.8 Å². The summed E-state index contributed by atoms with van der Waals surface area (Å²) in [6.45, 7) is 20.4. The molecule has 10 nitrogen and oxygen atoms in total. The van der Waals surface area contributed by atoms with E-state index in [4.69, 9.17) is 22.4 Å². The fourth-order valence-corrected chi connectivity index (χ4v) is 20.0. The van der Waals surface area contributed by atoms with Crippen LogP contribution in [0.4, 0.5) is 0 Å². The molecule has 2 aliphatic heterocycles. The third-order valence-corrected chi connectivity index (χ3v) is 21.7. The van der Waals surface area contributed by atoms with Crippen molar-refractivity contribution in [3.63, 3.8) is 0 Å². The van der Waals surface area contributed by atoms with Crippen molar-refractivity contribution < 1.29 is 22.4 Å². The third kappa shape index (κ3) is 5.87. The van der Waals surface area contributed by atoms with Gasteiger partial charge < -0.3 is 27.4 Å². The Kier molecular flexibility index (Phi) is 10.1. The fraction of sp³-hybridized carbons (Fsp3) is 0.656. The second kappa shape index (κ2) is 13.2. The maximum atomic E-state index is 12.7. The Balaban J connectivity index is 1.67. The molecular weight excluding hydrogens is 625 g/mol. The van der Waals surface area contributed by atoms with Crippen molar-refractivity contribution in [2.75, 3.05) is 13.7 Å². The number of ether oxygens (including phenoxy) is 2. The van der Waals surface area contributed by atoms with Gasteiger partial charge in [-0.25, -0.2) is 9.97 Å². The van der Waals surface area contributed by atoms with E-state index in [9.17, 15) is 4.79 Å². The van der Waals surface area contributed by atoms with Crippen molar-refractivity contribution in [3.8, 4) is 5.75 Å². The molecule has 3 aromatic rings. The summed E-state index contributed by atoms with van der Waals surface area (Å²) in [5, 5.41) is 0. The molecular formula is C32H50N4O6SSi2. The highest BCUT2D eigenvalue weighted by Crippen LogP contribution is 2.57. The third-order valence-electron chi connectivity index (χ3n) is 9.70. The Hall–Kier alpha value is -2.01. The quantitative estimate of drug-likeness (QED) is 0.226. The Morgan fingerprint density at radius 2 is 1.67 bits per heavy atom. The standard InChI is InChI=1S/C32H50N4O6SSi2/c1-11-32(43-17-24-12-14-25(38-10)15-13-24)28-26(40-31(32)36-19-35-27-29(36)33-18-34-30(27)37)16-39-44(20(2)3,21(4)5)42-45(41-28,22(6)7)23(8)9/h12-15,18-23,26,28,31H,11,16-17H2,1-10H3,(H,33,34,37)/t26-,28-,31-,32-/m1/s1. The van der Waals surface area contributed by atoms with Crippen molar-refractivity contribution in [1.82, 2.24) is 19.5 Å². The van der Waals surface area contributed by atoms with Gasteiger partial charge in [-0.1, -0.05) is 74.4 Å². The topological polar surface area (TPSA) is 110 Å². The molecule has 2 aromatic heterocycles. The van der Waals surface area contributed by atoms with Gasteiger partial charge in [0.2, 0.25) is 0 Å². The van der Waals surface area contributed by atoms with E-state index >= 15 is 0 Å². The molecule has 13 heteroatoms. The summed E-state index contributed by atoms with van der Waals surface area (Å²) in [5.74, 6) is 1.55. The van der Waals surface area contributed by atoms with Crippen LogP contribution in [0.25, 0.3) is 11.2 Å². The van der Waals surface area contributed by atoms with Gasteiger partial charge in [-0.3, -0.25) is 9.36 Å². The van der Waals surface area contributed by atoms with Crippen molar-refractivity contribution >= 4 is 40.0 Å². The Labute approximate surface area is 273 Å². The van der Waals surface area contributed by atoms with E-state index in [2.05, 4.69) is 89.4 Å². The van der Waals surface area contributed by atoms with E-state index in [0.29, 0.717) is 12.3 Å². The zero-order chi connectivity index (χ0) is 32.7. The molecule has 0 saturated carbocycles. The minimum Gasteiger partial charge on any atom is -0.497 e. The number of thioether (sulfide) groups is 1. The van der Waals surface area contributed by atoms with Gasteiger partial charge in [0.05, 0.1) is 37.2 Å². The van der Waals surface area contributed by atoms with Gasteiger partial charge in [0.15, 0.2) is 17.4 Å². The van der Waals surface area contributed by atoms with Gasteiger partial charge in [-0.05, 0) is 46.3 Å². The second-order valence-electron chi connectivity index (χ2n) is 13.5. The van der Waals surface area contributed by atoms with Gasteiger partial charge >= 0.3 is 17.1 Å². The lowest BCUT2D eigenvalue weighted by Gasteiger charge is -2.52. The molecule has 4 atom stereocenters. The van der Waals surface area contributed by atoms with Crippen LogP contribution in [-0.4, -0.2) is 67.3 Å². The maximum absolute atomic E-state index is 12.7. The van der Waals surface area contributed by atoms with Gasteiger partial charge in [0, 0.05) is 5.75 Å². The molecule has 5 rings (SSSR count). The highest BCUT2D eigenvalue weighted by Gasteiger charge is 2.65. The first-order chi connectivity index (χ1) is 21.3. The van der Waals surface area contributed by atoms with E-state index in [-0.39, 0.29) is 45.4 Å². The number of rotatable bonds is 10. The molecule has 2 aliphatic rings. The zero-order valence-corrected chi connectivity index (χ0v) is 31.1. The van der Waals surface area contributed by atoms with Crippen molar-refractivity contribution in [2.24, 2.45) is 0 Å². The maximum Gasteiger partial charge on any atom is 0.335 e. The lowest BCUT2D eigenvalue weighted by atomic mass is 9.95. The molecule has 1 aromatic carbocycles. The molecule has 4 heterocycles. The minimum atomic E-state index is -2.94. The van der Waals surface area contributed by atoms with Crippen molar-refractivity contribution in [2.45, 2.75) is 120 Å². The monoisotopic (exact) mass is 674 g/mol. The first-order valence-electron chi connectivity index (χ1n) is 16.2. The summed E-state index contributed by atoms with van der Waals surface area (Å²) in [6.07, 6.45) is 2.65. The number of benzene rings is 1. The first kappa shape index (κ1) is 34.3. The number of imidazole rings is 1. The van der Waals surface area contributed by atoms with Crippen LogP contribution in [0, 0.1) is 0 Å². The summed E-state index contributed by atoms with van der Waals surface area (Å²) in [4.78, 5) is 24.4. The number of aromatic nitrogens is 4. The summed E-state index contributed by atoms with van der Waals surface area (Å²) in [6, 6.07) is 8.18. The van der Waals surface area contributed by atoms with Gasteiger partial charge in [0.25, 0.3) is 5.56 Å². The highest BCUT2D eigenvalue weighted by molar-refractivity contribution is 8.00. The Morgan fingerprint density at radius 3 is 2.24 bits per heavy atom. The summed E-state index contributed by atoms with van der Waals surface area (Å²) in [5.41, 5.74) is 2.48. The molecule has 1 N–H and O–H groups in total. The van der Waals surface area contributed by atoms with Gasteiger partial charge in [0.1, 0.15) is 11.9 Å². The van der Waals surface area contributed by atoms with Crippen LogP contribution in [0.5, 0.6) is 5.75 Å². The van der Waals surface area contributed by atoms with Crippen molar-refractivity contribution in [1.29, 1.82) is 0 Å². The van der Waals surface area contributed by atoms with Crippen LogP contribution in [0.15, 0.2) is 41.7 Å². The molecule has 2 saturated heterocycles. The number of hydrogen-bond donors (Lipinski definition) is 1. The van der Waals surface area contributed by atoms with Gasteiger partial charge in [-0.15, -0.1) is 11.8 Å². The van der Waals surface area contributed by atoms with Gasteiger partial charge in [-0.2, -0.15) is 0 Å². The normalized spacial score (nSPS) is 26.5. The summed E-state index contributed by atoms with van der Waals surface area (Å²) in [7, 11) is -4.02. The highest BCUT2D eigenvalue weighted by atomic mass is 32.2. The molecule has 0 aliphatic carbocycles. The number of aromatic amines is 1. The predicted octanol–water partition coefficient (Wildman–Crippen LogP) is 7.06. The number of nitrogens with zero attached hydrogens (tertiary/aromatic N) is 3. The minimum absolute atomic E-state index is 0.179. The van der Waals surface area contributed by atoms with Crippen LogP contribution < -0.4 is 10.3 Å². The number of nitrogens with one attached hydrogen (secondary N) is 1. The Bertz CT molecular complexity index is 1500. The zero-order valence-electron chi connectivity index (χ0n) is 28.3. The second-order valence-corrected chi connectivity index (χ2v) is 23.7. The summed E-state index contributed by atoms with van der Waals surface area (Å²) >= 11 is 1.82. The SMILES string of the molecule is CC[C@@]1(SCc2ccc(OC)cc2)[C@@H]2O[Si](C(C)C)(C(C)C)O[Si](C(C)C)(C(C)C)OC[C@H]2O[C@H]1n1cnc2c(=O)[nH]cnc21. The van der Waals surface area contributed by atoms with E-state index in [0.717, 1.165) is 17.9 Å². The Morgan fingerprint density at radius 1 is 1.02 bits per heavy atom. The largest absolute Gasteiger partial charge is 0.497 e. The average Bonchev–Trinajstić information content (AvgIpc) is 3.55. The average molecular weight is 675 g/mol. The molecule has 0 spiro atoms. The molecule has 45 heavy (non-hydrogen) atoms. The summed E-state index contributed by atoms with van der Waals surface area (Å²) < 4.78 is 36.1. The lowest BCUT2D eigenvalue weighted by Crippen LogP contribution is -2.66. The molecule has 0 radical (unpaired) electrons. The molecule has 0 bridgehead atoms. The number of H-pyrrole nitrogens is 1. The molecule has 0 unspecified atom stereocenters. The first-order valence-corrected chi connectivity index (χ1v) is 21.1. The fourth-order valence-electron chi connectivity index (χ4n) is 7.14. The van der Waals surface area contributed by atoms with Crippen LogP contribution in [0.1, 0.15) is 80.5 Å². The lowest BCUT2D eigenvalue weighted by molar-refractivity contribution is -0.0548. The van der Waals surface area contributed by atoms with Crippen LogP contribution in [0.2, 0.25) is 22.2 Å². The number of hydrogen-bond acceptors (Lipinski definition) is 9. The molecule has 2 fully saturated rings.